The van der Waals surface area contributed by atoms with Gasteiger partial charge in [0.2, 0.25) is 0 Å². The number of hydrogen-bond donors (Lipinski definition) is 3. The molecule has 1 heterocycles. The van der Waals surface area contributed by atoms with Gasteiger partial charge in [-0.15, -0.1) is 0 Å². The molecule has 1 aliphatic rings. The third kappa shape index (κ3) is 4.86. The van der Waals surface area contributed by atoms with Crippen molar-refractivity contribution in [2.45, 2.75) is 19.8 Å². The fraction of sp³-hybridized carbons (Fsp3) is 0.261. The van der Waals surface area contributed by atoms with Crippen LogP contribution in [0.5, 0.6) is 11.5 Å². The van der Waals surface area contributed by atoms with Crippen LogP contribution in [0.25, 0.3) is 22.5 Å². The maximum absolute atomic E-state index is 12.1. The number of aromatic amines is 1. The van der Waals surface area contributed by atoms with Crippen molar-refractivity contribution in [3.63, 3.8) is 0 Å². The Bertz CT molecular complexity index is 1140. The molecule has 0 bridgehead atoms. The van der Waals surface area contributed by atoms with Crippen LogP contribution in [0.2, 0.25) is 0 Å². The van der Waals surface area contributed by atoms with E-state index in [1.54, 1.807) is 49.4 Å². The molecule has 1 aliphatic carbocycles. The van der Waals surface area contributed by atoms with Gasteiger partial charge in [-0.3, -0.25) is 4.79 Å². The van der Waals surface area contributed by atoms with Crippen LogP contribution < -0.4 is 15.7 Å². The first kappa shape index (κ1) is 19.7. The van der Waals surface area contributed by atoms with Crippen molar-refractivity contribution in [3.8, 4) is 34.0 Å². The lowest BCUT2D eigenvalue weighted by Gasteiger charge is -2.09. The monoisotopic (exact) mass is 405 g/mol. The molecule has 3 N–H and O–H groups in total. The number of amides is 1. The molecule has 4 rings (SSSR count). The Balaban J connectivity index is 1.52. The van der Waals surface area contributed by atoms with Crippen molar-refractivity contribution >= 4 is 5.91 Å². The van der Waals surface area contributed by atoms with Crippen LogP contribution in [0.15, 0.2) is 53.3 Å². The fourth-order valence-electron chi connectivity index (χ4n) is 3.11. The van der Waals surface area contributed by atoms with Crippen LogP contribution in [0, 0.1) is 12.8 Å². The second-order valence-electron chi connectivity index (χ2n) is 7.55. The van der Waals surface area contributed by atoms with Crippen molar-refractivity contribution in [2.75, 3.05) is 13.2 Å². The standard InChI is InChI=1S/C23H23N3O4/c1-14-9-17(7-8-21(14)27)20-11-19(25-23(29)26-20)16-3-2-4-18(10-16)30-13-22(28)24-12-15-5-6-15/h2-4,7-11,15,27H,5-6,12-13H2,1H3,(H,24,28)(H,25,26,29). The molecule has 0 spiro atoms. The molecule has 0 aliphatic heterocycles. The SMILES string of the molecule is Cc1cc(-c2cc(-c3cccc(OCC(=O)NCC4CC4)c3)nc(=O)[nH]2)ccc1O. The Kier molecular flexibility index (Phi) is 5.52. The normalized spacial score (nSPS) is 13.1. The van der Waals surface area contributed by atoms with E-state index in [1.807, 2.05) is 6.07 Å². The maximum Gasteiger partial charge on any atom is 0.345 e. The van der Waals surface area contributed by atoms with Crippen LogP contribution in [0.4, 0.5) is 0 Å². The van der Waals surface area contributed by atoms with E-state index in [0.717, 1.165) is 5.56 Å². The Morgan fingerprint density at radius 3 is 2.80 bits per heavy atom. The van der Waals surface area contributed by atoms with Crippen LogP contribution in [0.3, 0.4) is 0 Å². The number of phenolic OH excluding ortho intramolecular Hbond substituents is 1. The molecule has 2 aromatic carbocycles. The van der Waals surface area contributed by atoms with Crippen LogP contribution in [-0.2, 0) is 4.79 Å². The minimum atomic E-state index is -0.473. The summed E-state index contributed by atoms with van der Waals surface area (Å²) in [7, 11) is 0. The maximum atomic E-state index is 12.1. The second-order valence-corrected chi connectivity index (χ2v) is 7.55. The number of hydrogen-bond acceptors (Lipinski definition) is 5. The number of nitrogens with one attached hydrogen (secondary N) is 2. The number of aromatic nitrogens is 2. The smallest absolute Gasteiger partial charge is 0.345 e. The minimum Gasteiger partial charge on any atom is -0.508 e. The summed E-state index contributed by atoms with van der Waals surface area (Å²) in [6.07, 6.45) is 2.36. The van der Waals surface area contributed by atoms with E-state index in [2.05, 4.69) is 15.3 Å². The summed E-state index contributed by atoms with van der Waals surface area (Å²) in [6.45, 7) is 2.44. The Hall–Kier alpha value is -3.61. The molecular weight excluding hydrogens is 382 g/mol. The lowest BCUT2D eigenvalue weighted by atomic mass is 10.1. The third-order valence-corrected chi connectivity index (χ3v) is 5.04. The number of benzene rings is 2. The molecule has 30 heavy (non-hydrogen) atoms. The molecule has 0 radical (unpaired) electrons. The van der Waals surface area contributed by atoms with E-state index in [9.17, 15) is 14.7 Å². The molecule has 1 amide bonds. The fourth-order valence-corrected chi connectivity index (χ4v) is 3.11. The molecule has 154 valence electrons. The molecule has 1 aromatic heterocycles. The van der Waals surface area contributed by atoms with Crippen LogP contribution in [-0.4, -0.2) is 34.1 Å². The topological polar surface area (TPSA) is 104 Å². The number of ether oxygens (including phenoxy) is 1. The van der Waals surface area contributed by atoms with Crippen molar-refractivity contribution < 1.29 is 14.6 Å². The number of carbonyl (C=O) groups is 1. The second kappa shape index (κ2) is 8.41. The van der Waals surface area contributed by atoms with Crippen molar-refractivity contribution in [1.29, 1.82) is 0 Å². The van der Waals surface area contributed by atoms with E-state index >= 15 is 0 Å². The van der Waals surface area contributed by atoms with Crippen molar-refractivity contribution in [1.82, 2.24) is 15.3 Å². The van der Waals surface area contributed by atoms with Crippen LogP contribution >= 0.6 is 0 Å². The molecule has 0 atom stereocenters. The van der Waals surface area contributed by atoms with E-state index in [0.29, 0.717) is 40.7 Å². The zero-order valence-electron chi connectivity index (χ0n) is 16.6. The highest BCUT2D eigenvalue weighted by Gasteiger charge is 2.21. The molecule has 3 aromatic rings. The van der Waals surface area contributed by atoms with E-state index < -0.39 is 5.69 Å². The summed E-state index contributed by atoms with van der Waals surface area (Å²) in [5.41, 5.74) is 2.79. The van der Waals surface area contributed by atoms with Gasteiger partial charge in [0.15, 0.2) is 6.61 Å². The molecule has 7 heteroatoms. The van der Waals surface area contributed by atoms with Gasteiger partial charge >= 0.3 is 5.69 Å². The quantitative estimate of drug-likeness (QED) is 0.561. The Labute approximate surface area is 173 Å². The zero-order chi connectivity index (χ0) is 21.1. The van der Waals surface area contributed by atoms with Gasteiger partial charge in [-0.2, -0.15) is 4.98 Å². The van der Waals surface area contributed by atoms with E-state index in [-0.39, 0.29) is 18.3 Å². The molecule has 0 unspecified atom stereocenters. The molecule has 7 nitrogen and oxygen atoms in total. The first-order valence-electron chi connectivity index (χ1n) is 9.89. The van der Waals surface area contributed by atoms with Gasteiger partial charge in [-0.1, -0.05) is 12.1 Å². The predicted octanol–water partition coefficient (Wildman–Crippen LogP) is 3.02. The first-order valence-corrected chi connectivity index (χ1v) is 9.89. The number of aryl methyl sites for hydroxylation is 1. The number of carbonyl (C=O) groups excluding carboxylic acids is 1. The number of aromatic hydroxyl groups is 1. The molecule has 0 saturated heterocycles. The average molecular weight is 405 g/mol. The Morgan fingerprint density at radius 2 is 2.03 bits per heavy atom. The number of nitrogens with zero attached hydrogens (tertiary/aromatic N) is 1. The van der Waals surface area contributed by atoms with Crippen molar-refractivity contribution in [2.24, 2.45) is 5.92 Å². The highest BCUT2D eigenvalue weighted by molar-refractivity contribution is 5.77. The number of H-pyrrole nitrogens is 1. The summed E-state index contributed by atoms with van der Waals surface area (Å²) in [4.78, 5) is 30.8. The zero-order valence-corrected chi connectivity index (χ0v) is 16.6. The average Bonchev–Trinajstić information content (AvgIpc) is 3.57. The largest absolute Gasteiger partial charge is 0.508 e. The van der Waals surface area contributed by atoms with Gasteiger partial charge in [-0.05, 0) is 73.2 Å². The van der Waals surface area contributed by atoms with Gasteiger partial charge in [0, 0.05) is 12.1 Å². The number of rotatable bonds is 7. The summed E-state index contributed by atoms with van der Waals surface area (Å²) in [5.74, 6) is 1.19. The van der Waals surface area contributed by atoms with Gasteiger partial charge in [0.05, 0.1) is 11.4 Å². The van der Waals surface area contributed by atoms with E-state index in [4.69, 9.17) is 4.74 Å². The highest BCUT2D eigenvalue weighted by atomic mass is 16.5. The highest BCUT2D eigenvalue weighted by Crippen LogP contribution is 2.28. The van der Waals surface area contributed by atoms with Gasteiger partial charge < -0.3 is 20.1 Å². The lowest BCUT2D eigenvalue weighted by molar-refractivity contribution is -0.123. The van der Waals surface area contributed by atoms with Gasteiger partial charge in [0.25, 0.3) is 5.91 Å². The van der Waals surface area contributed by atoms with E-state index in [1.165, 1.54) is 12.8 Å². The Morgan fingerprint density at radius 1 is 1.20 bits per heavy atom. The summed E-state index contributed by atoms with van der Waals surface area (Å²) < 4.78 is 5.60. The molecule has 1 saturated carbocycles. The summed E-state index contributed by atoms with van der Waals surface area (Å²) >= 11 is 0. The van der Waals surface area contributed by atoms with Crippen molar-refractivity contribution in [3.05, 3.63) is 64.6 Å². The summed E-state index contributed by atoms with van der Waals surface area (Å²) in [5, 5.41) is 12.6. The minimum absolute atomic E-state index is 0.0585. The van der Waals surface area contributed by atoms with Gasteiger partial charge in [-0.25, -0.2) is 4.79 Å². The lowest BCUT2D eigenvalue weighted by Crippen LogP contribution is -2.30. The predicted molar refractivity (Wildman–Crippen MR) is 113 cm³/mol. The molecule has 1 fully saturated rings. The third-order valence-electron chi connectivity index (χ3n) is 5.04. The summed E-state index contributed by atoms with van der Waals surface area (Å²) in [6, 6.07) is 14.0. The molecular formula is C23H23N3O4. The number of phenols is 1. The first-order chi connectivity index (χ1) is 14.5. The van der Waals surface area contributed by atoms with Gasteiger partial charge in [0.1, 0.15) is 11.5 Å². The van der Waals surface area contributed by atoms with Crippen LogP contribution in [0.1, 0.15) is 18.4 Å².